The lowest BCUT2D eigenvalue weighted by molar-refractivity contribution is -0.385. The monoisotopic (exact) mass is 374 g/mol. The van der Waals surface area contributed by atoms with Gasteiger partial charge in [-0.25, -0.2) is 0 Å². The van der Waals surface area contributed by atoms with E-state index in [0.29, 0.717) is 17.8 Å². The maximum absolute atomic E-state index is 12.5. The molecule has 0 fully saturated rings. The van der Waals surface area contributed by atoms with Crippen LogP contribution >= 0.6 is 0 Å². The van der Waals surface area contributed by atoms with E-state index in [0.717, 1.165) is 11.3 Å². The predicted octanol–water partition coefficient (Wildman–Crippen LogP) is 3.15. The minimum atomic E-state index is -0.536. The lowest BCUT2D eigenvalue weighted by atomic mass is 10.1. The molecular formula is C19H22N2O6. The van der Waals surface area contributed by atoms with E-state index in [9.17, 15) is 19.7 Å². The average molecular weight is 374 g/mol. The highest BCUT2D eigenvalue weighted by Crippen LogP contribution is 2.28. The molecule has 0 saturated carbocycles. The number of methoxy groups -OCH3 is 1. The predicted molar refractivity (Wildman–Crippen MR) is 98.2 cm³/mol. The van der Waals surface area contributed by atoms with Crippen molar-refractivity contribution in [1.29, 1.82) is 0 Å². The standard InChI is InChI=1S/C19H22N2O6/c1-12-5-6-18(16(9-12)21(24)25)27-11-17(22)15-10-13(2)20(14(15)3)8-7-19(23)26-4/h5-6,9-10H,7-8,11H2,1-4H3. The quantitative estimate of drug-likeness (QED) is 0.304. The number of ether oxygens (including phenoxy) is 2. The van der Waals surface area contributed by atoms with Gasteiger partial charge in [-0.15, -0.1) is 0 Å². The van der Waals surface area contributed by atoms with Crippen molar-refractivity contribution in [1.82, 2.24) is 4.57 Å². The molecule has 0 aliphatic rings. The average Bonchev–Trinajstić information content (AvgIpc) is 2.92. The number of carbonyl (C=O) groups excluding carboxylic acids is 2. The Morgan fingerprint density at radius 3 is 2.52 bits per heavy atom. The summed E-state index contributed by atoms with van der Waals surface area (Å²) in [6, 6.07) is 6.30. The number of esters is 1. The Bertz CT molecular complexity index is 885. The van der Waals surface area contributed by atoms with Gasteiger partial charge in [-0.05, 0) is 38.5 Å². The maximum Gasteiger partial charge on any atom is 0.311 e. The molecule has 1 aromatic carbocycles. The van der Waals surface area contributed by atoms with Gasteiger partial charge in [0.05, 0.1) is 18.5 Å². The Morgan fingerprint density at radius 2 is 1.89 bits per heavy atom. The third-order valence-corrected chi connectivity index (χ3v) is 4.31. The molecular weight excluding hydrogens is 352 g/mol. The van der Waals surface area contributed by atoms with Crippen LogP contribution in [-0.2, 0) is 16.1 Å². The summed E-state index contributed by atoms with van der Waals surface area (Å²) in [5.41, 5.74) is 2.57. The van der Waals surface area contributed by atoms with Crippen molar-refractivity contribution in [2.24, 2.45) is 0 Å². The summed E-state index contributed by atoms with van der Waals surface area (Å²) in [6.07, 6.45) is 0.201. The van der Waals surface area contributed by atoms with E-state index in [2.05, 4.69) is 4.74 Å². The van der Waals surface area contributed by atoms with E-state index in [1.165, 1.54) is 19.2 Å². The van der Waals surface area contributed by atoms with Crippen LogP contribution in [0.2, 0.25) is 0 Å². The summed E-state index contributed by atoms with van der Waals surface area (Å²) in [6.45, 7) is 5.46. The van der Waals surface area contributed by atoms with Gasteiger partial charge in [0.25, 0.3) is 0 Å². The fourth-order valence-electron chi connectivity index (χ4n) is 2.85. The zero-order valence-corrected chi connectivity index (χ0v) is 15.8. The second kappa shape index (κ2) is 8.48. The minimum absolute atomic E-state index is 0.0541. The molecule has 8 nitrogen and oxygen atoms in total. The molecule has 0 saturated heterocycles. The van der Waals surface area contributed by atoms with Crippen molar-refractivity contribution in [3.8, 4) is 5.75 Å². The summed E-state index contributed by atoms with van der Waals surface area (Å²) < 4.78 is 11.9. The number of hydrogen-bond acceptors (Lipinski definition) is 6. The van der Waals surface area contributed by atoms with Crippen LogP contribution in [0, 0.1) is 30.9 Å². The molecule has 0 N–H and O–H groups in total. The van der Waals surface area contributed by atoms with Crippen LogP contribution in [0.4, 0.5) is 5.69 Å². The van der Waals surface area contributed by atoms with Crippen molar-refractivity contribution in [2.45, 2.75) is 33.7 Å². The van der Waals surface area contributed by atoms with E-state index in [-0.39, 0.29) is 36.2 Å². The first-order valence-electron chi connectivity index (χ1n) is 8.39. The summed E-state index contributed by atoms with van der Waals surface area (Å²) in [5, 5.41) is 11.1. The Balaban J connectivity index is 2.13. The van der Waals surface area contributed by atoms with Crippen LogP contribution in [0.5, 0.6) is 5.75 Å². The fourth-order valence-corrected chi connectivity index (χ4v) is 2.85. The second-order valence-electron chi connectivity index (χ2n) is 6.20. The molecule has 0 atom stereocenters. The van der Waals surface area contributed by atoms with Gasteiger partial charge in [0.15, 0.2) is 12.4 Å². The van der Waals surface area contributed by atoms with Crippen LogP contribution in [-0.4, -0.2) is 35.0 Å². The molecule has 2 rings (SSSR count). The molecule has 27 heavy (non-hydrogen) atoms. The summed E-state index contributed by atoms with van der Waals surface area (Å²) in [7, 11) is 1.33. The van der Waals surface area contributed by atoms with Crippen molar-refractivity contribution in [3.05, 3.63) is 56.9 Å². The van der Waals surface area contributed by atoms with Crippen LogP contribution in [0.15, 0.2) is 24.3 Å². The van der Waals surface area contributed by atoms with Crippen molar-refractivity contribution < 1.29 is 24.0 Å². The van der Waals surface area contributed by atoms with Crippen molar-refractivity contribution in [2.75, 3.05) is 13.7 Å². The SMILES string of the molecule is COC(=O)CCn1c(C)cc(C(=O)COc2ccc(C)cc2[N+](=O)[O-])c1C. The maximum atomic E-state index is 12.5. The van der Waals surface area contributed by atoms with E-state index in [1.54, 1.807) is 26.0 Å². The number of aryl methyl sites for hydroxylation is 2. The first-order chi connectivity index (χ1) is 12.7. The number of carbonyl (C=O) groups is 2. The first-order valence-corrected chi connectivity index (χ1v) is 8.39. The van der Waals surface area contributed by atoms with Crippen LogP contribution in [0.25, 0.3) is 0 Å². The number of hydrogen-bond donors (Lipinski definition) is 0. The molecule has 0 aliphatic carbocycles. The molecule has 2 aromatic rings. The summed E-state index contributed by atoms with van der Waals surface area (Å²) in [4.78, 5) is 34.5. The number of nitrogens with zero attached hydrogens (tertiary/aromatic N) is 2. The summed E-state index contributed by atoms with van der Waals surface area (Å²) in [5.74, 6) is -0.564. The number of rotatable bonds is 8. The van der Waals surface area contributed by atoms with Gasteiger partial charge in [0.2, 0.25) is 5.78 Å². The van der Waals surface area contributed by atoms with Gasteiger partial charge in [-0.2, -0.15) is 0 Å². The molecule has 0 spiro atoms. The topological polar surface area (TPSA) is 101 Å². The first kappa shape index (κ1) is 20.2. The molecule has 1 heterocycles. The van der Waals surface area contributed by atoms with Crippen LogP contribution in [0.3, 0.4) is 0 Å². The zero-order valence-electron chi connectivity index (χ0n) is 15.8. The lowest BCUT2D eigenvalue weighted by Gasteiger charge is -2.09. The number of ketones is 1. The van der Waals surface area contributed by atoms with Gasteiger partial charge in [-0.1, -0.05) is 6.07 Å². The van der Waals surface area contributed by atoms with E-state index in [1.807, 2.05) is 11.5 Å². The van der Waals surface area contributed by atoms with Gasteiger partial charge >= 0.3 is 11.7 Å². The highest BCUT2D eigenvalue weighted by atomic mass is 16.6. The Hall–Kier alpha value is -3.16. The molecule has 0 aliphatic heterocycles. The summed E-state index contributed by atoms with van der Waals surface area (Å²) >= 11 is 0. The highest BCUT2D eigenvalue weighted by Gasteiger charge is 2.20. The Kier molecular flexibility index (Phi) is 6.33. The molecule has 0 unspecified atom stereocenters. The fraction of sp³-hybridized carbons (Fsp3) is 0.368. The molecule has 0 radical (unpaired) electrons. The van der Waals surface area contributed by atoms with Gasteiger partial charge < -0.3 is 14.0 Å². The number of nitro groups is 1. The molecule has 8 heteroatoms. The molecule has 0 amide bonds. The zero-order chi connectivity index (χ0) is 20.1. The number of Topliss-reactive ketones (excluding diaryl/α,β-unsaturated/α-hetero) is 1. The molecule has 1 aromatic heterocycles. The Labute approximate surface area is 156 Å². The second-order valence-corrected chi connectivity index (χ2v) is 6.20. The van der Waals surface area contributed by atoms with E-state index in [4.69, 9.17) is 4.74 Å². The third-order valence-electron chi connectivity index (χ3n) is 4.31. The lowest BCUT2D eigenvalue weighted by Crippen LogP contribution is -2.14. The van der Waals surface area contributed by atoms with Crippen LogP contribution in [0.1, 0.15) is 33.7 Å². The minimum Gasteiger partial charge on any atom is -0.478 e. The smallest absolute Gasteiger partial charge is 0.311 e. The van der Waals surface area contributed by atoms with Crippen molar-refractivity contribution >= 4 is 17.4 Å². The van der Waals surface area contributed by atoms with Gasteiger partial charge in [-0.3, -0.25) is 19.7 Å². The largest absolute Gasteiger partial charge is 0.478 e. The van der Waals surface area contributed by atoms with E-state index < -0.39 is 4.92 Å². The molecule has 144 valence electrons. The van der Waals surface area contributed by atoms with Crippen molar-refractivity contribution in [3.63, 3.8) is 0 Å². The number of nitro benzene ring substituents is 1. The van der Waals surface area contributed by atoms with E-state index >= 15 is 0 Å². The van der Waals surface area contributed by atoms with Crippen LogP contribution < -0.4 is 4.74 Å². The Morgan fingerprint density at radius 1 is 1.19 bits per heavy atom. The van der Waals surface area contributed by atoms with Gasteiger partial charge in [0, 0.05) is 29.6 Å². The number of aromatic nitrogens is 1. The highest BCUT2D eigenvalue weighted by molar-refractivity contribution is 5.98. The van der Waals surface area contributed by atoms with Gasteiger partial charge in [0.1, 0.15) is 0 Å². The molecule has 0 bridgehead atoms. The third kappa shape index (κ3) is 4.72. The normalized spacial score (nSPS) is 10.5. The number of benzene rings is 1.